The molecule has 0 spiro atoms. The molecule has 0 fully saturated rings. The summed E-state index contributed by atoms with van der Waals surface area (Å²) in [6.07, 6.45) is 11.5. The number of rotatable bonds is 8. The third-order valence-corrected chi connectivity index (χ3v) is 2.35. The summed E-state index contributed by atoms with van der Waals surface area (Å²) in [5.41, 5.74) is 6.03. The molecule has 0 saturated heterocycles. The Kier molecular flexibility index (Phi) is 8.59. The van der Waals surface area contributed by atoms with E-state index in [1.165, 1.54) is 19.3 Å². The largest absolute Gasteiger partial charge is 0.366 e. The smallest absolute Gasteiger partial charge is 0.244 e. The molecule has 0 aliphatic carbocycles. The fourth-order valence-electron chi connectivity index (χ4n) is 1.48. The van der Waals surface area contributed by atoms with Crippen molar-refractivity contribution in [2.24, 2.45) is 11.7 Å². The molecule has 0 heterocycles. The number of amides is 1. The first-order chi connectivity index (χ1) is 7.57. The highest BCUT2D eigenvalue weighted by Gasteiger charge is 2.05. The Balaban J connectivity index is 4.07. The Morgan fingerprint density at radius 3 is 2.50 bits per heavy atom. The van der Waals surface area contributed by atoms with E-state index in [1.807, 2.05) is 12.2 Å². The van der Waals surface area contributed by atoms with E-state index in [9.17, 15) is 4.79 Å². The molecule has 2 nitrogen and oxygen atoms in total. The molecule has 0 radical (unpaired) electrons. The molecule has 16 heavy (non-hydrogen) atoms. The molecule has 0 aliphatic rings. The Labute approximate surface area is 99.6 Å². The molecule has 2 N–H and O–H groups in total. The molecule has 0 aromatic rings. The van der Waals surface area contributed by atoms with Crippen LogP contribution in [0.2, 0.25) is 0 Å². The monoisotopic (exact) mass is 223 g/mol. The third kappa shape index (κ3) is 8.27. The van der Waals surface area contributed by atoms with Gasteiger partial charge in [-0.15, -0.1) is 0 Å². The average Bonchev–Trinajstić information content (AvgIpc) is 2.20. The summed E-state index contributed by atoms with van der Waals surface area (Å²) < 4.78 is 0. The minimum atomic E-state index is -0.299. The van der Waals surface area contributed by atoms with E-state index in [1.54, 1.807) is 0 Å². The Hall–Kier alpha value is -1.05. The van der Waals surface area contributed by atoms with Crippen molar-refractivity contribution < 1.29 is 4.79 Å². The predicted molar refractivity (Wildman–Crippen MR) is 70.0 cm³/mol. The number of carbonyl (C=O) groups is 1. The fraction of sp³-hybridized carbons (Fsp3) is 0.643. The zero-order valence-electron chi connectivity index (χ0n) is 10.8. The van der Waals surface area contributed by atoms with Crippen LogP contribution in [-0.2, 0) is 4.79 Å². The molecule has 0 bridgehead atoms. The second kappa shape index (κ2) is 9.20. The molecule has 2 heteroatoms. The van der Waals surface area contributed by atoms with Crippen LogP contribution in [0, 0.1) is 5.92 Å². The SMILES string of the molecule is CCCCC/C=C/C=C(\CC(C)C)C(N)=O. The lowest BCUT2D eigenvalue weighted by molar-refractivity contribution is -0.114. The second-order valence-electron chi connectivity index (χ2n) is 4.58. The maximum atomic E-state index is 11.1. The molecule has 92 valence electrons. The summed E-state index contributed by atoms with van der Waals surface area (Å²) in [5, 5.41) is 0. The van der Waals surface area contributed by atoms with Gasteiger partial charge in [-0.05, 0) is 25.2 Å². The number of allylic oxidation sites excluding steroid dienone is 3. The van der Waals surface area contributed by atoms with E-state index >= 15 is 0 Å². The number of hydrogen-bond acceptors (Lipinski definition) is 1. The summed E-state index contributed by atoms with van der Waals surface area (Å²) >= 11 is 0. The van der Waals surface area contributed by atoms with Crippen molar-refractivity contribution in [3.8, 4) is 0 Å². The summed E-state index contributed by atoms with van der Waals surface area (Å²) in [6, 6.07) is 0. The molecule has 0 unspecified atom stereocenters. The van der Waals surface area contributed by atoms with Gasteiger partial charge in [-0.3, -0.25) is 4.79 Å². The van der Waals surface area contributed by atoms with Gasteiger partial charge in [-0.25, -0.2) is 0 Å². The molecule has 0 aromatic heterocycles. The zero-order valence-corrected chi connectivity index (χ0v) is 10.8. The van der Waals surface area contributed by atoms with Crippen LogP contribution in [0.5, 0.6) is 0 Å². The first kappa shape index (κ1) is 14.9. The molecule has 0 aromatic carbocycles. The van der Waals surface area contributed by atoms with E-state index in [0.29, 0.717) is 5.92 Å². The summed E-state index contributed by atoms with van der Waals surface area (Å²) in [5.74, 6) is 0.166. The summed E-state index contributed by atoms with van der Waals surface area (Å²) in [4.78, 5) is 11.1. The van der Waals surface area contributed by atoms with E-state index in [4.69, 9.17) is 5.73 Å². The number of unbranched alkanes of at least 4 members (excludes halogenated alkanes) is 3. The second-order valence-corrected chi connectivity index (χ2v) is 4.58. The van der Waals surface area contributed by atoms with Gasteiger partial charge in [-0.1, -0.05) is 51.8 Å². The number of hydrogen-bond donors (Lipinski definition) is 1. The van der Waals surface area contributed by atoms with Gasteiger partial charge in [0.2, 0.25) is 5.91 Å². The number of nitrogens with two attached hydrogens (primary N) is 1. The molecule has 0 atom stereocenters. The van der Waals surface area contributed by atoms with E-state index < -0.39 is 0 Å². The van der Waals surface area contributed by atoms with Gasteiger partial charge < -0.3 is 5.73 Å². The molecule has 1 amide bonds. The topological polar surface area (TPSA) is 43.1 Å². The normalized spacial score (nSPS) is 12.6. The van der Waals surface area contributed by atoms with Gasteiger partial charge in [0.15, 0.2) is 0 Å². The van der Waals surface area contributed by atoms with Crippen LogP contribution in [0.15, 0.2) is 23.8 Å². The highest BCUT2D eigenvalue weighted by Crippen LogP contribution is 2.10. The summed E-state index contributed by atoms with van der Waals surface area (Å²) in [7, 11) is 0. The maximum Gasteiger partial charge on any atom is 0.244 e. The van der Waals surface area contributed by atoms with Crippen LogP contribution in [-0.4, -0.2) is 5.91 Å². The molecular formula is C14H25NO. The van der Waals surface area contributed by atoms with Gasteiger partial charge >= 0.3 is 0 Å². The highest BCUT2D eigenvalue weighted by molar-refractivity contribution is 5.92. The first-order valence-electron chi connectivity index (χ1n) is 6.23. The minimum absolute atomic E-state index is 0.299. The van der Waals surface area contributed by atoms with Crippen molar-refractivity contribution in [3.63, 3.8) is 0 Å². The third-order valence-electron chi connectivity index (χ3n) is 2.35. The summed E-state index contributed by atoms with van der Waals surface area (Å²) in [6.45, 7) is 6.36. The molecule has 0 aliphatic heterocycles. The predicted octanol–water partition coefficient (Wildman–Crippen LogP) is 3.58. The van der Waals surface area contributed by atoms with Crippen molar-refractivity contribution in [3.05, 3.63) is 23.8 Å². The van der Waals surface area contributed by atoms with Crippen molar-refractivity contribution in [2.45, 2.75) is 52.9 Å². The molecule has 0 rings (SSSR count). The van der Waals surface area contributed by atoms with Crippen molar-refractivity contribution >= 4 is 5.91 Å². The highest BCUT2D eigenvalue weighted by atomic mass is 16.1. The van der Waals surface area contributed by atoms with E-state index in [-0.39, 0.29) is 5.91 Å². The van der Waals surface area contributed by atoms with Gasteiger partial charge in [0.1, 0.15) is 0 Å². The Morgan fingerprint density at radius 1 is 1.31 bits per heavy atom. The standard InChI is InChI=1S/C14H25NO/c1-4-5-6-7-8-9-10-13(14(15)16)11-12(2)3/h8-10,12H,4-7,11H2,1-3H3,(H2,15,16)/b9-8+,13-10+. The van der Waals surface area contributed by atoms with Gasteiger partial charge in [0, 0.05) is 5.57 Å². The Morgan fingerprint density at radius 2 is 2.00 bits per heavy atom. The van der Waals surface area contributed by atoms with Crippen molar-refractivity contribution in [1.82, 2.24) is 0 Å². The zero-order chi connectivity index (χ0) is 12.4. The Bertz CT molecular complexity index is 251. The fourth-order valence-corrected chi connectivity index (χ4v) is 1.48. The first-order valence-corrected chi connectivity index (χ1v) is 6.23. The van der Waals surface area contributed by atoms with Crippen molar-refractivity contribution in [2.75, 3.05) is 0 Å². The lowest BCUT2D eigenvalue weighted by Crippen LogP contribution is -2.15. The van der Waals surface area contributed by atoms with Crippen molar-refractivity contribution in [1.29, 1.82) is 0 Å². The van der Waals surface area contributed by atoms with Crippen LogP contribution >= 0.6 is 0 Å². The van der Waals surface area contributed by atoms with Gasteiger partial charge in [0.25, 0.3) is 0 Å². The van der Waals surface area contributed by atoms with Gasteiger partial charge in [-0.2, -0.15) is 0 Å². The van der Waals surface area contributed by atoms with Crippen LogP contribution in [0.4, 0.5) is 0 Å². The number of carbonyl (C=O) groups excluding carboxylic acids is 1. The van der Waals surface area contributed by atoms with E-state index in [0.717, 1.165) is 18.4 Å². The lowest BCUT2D eigenvalue weighted by atomic mass is 10.0. The molecular weight excluding hydrogens is 198 g/mol. The van der Waals surface area contributed by atoms with Crippen LogP contribution in [0.3, 0.4) is 0 Å². The minimum Gasteiger partial charge on any atom is -0.366 e. The van der Waals surface area contributed by atoms with Gasteiger partial charge in [0.05, 0.1) is 0 Å². The maximum absolute atomic E-state index is 11.1. The quantitative estimate of drug-likeness (QED) is 0.381. The van der Waals surface area contributed by atoms with Crippen LogP contribution in [0.1, 0.15) is 52.9 Å². The van der Waals surface area contributed by atoms with E-state index in [2.05, 4.69) is 26.8 Å². The number of primary amides is 1. The van der Waals surface area contributed by atoms with Crippen LogP contribution < -0.4 is 5.73 Å². The van der Waals surface area contributed by atoms with Crippen LogP contribution in [0.25, 0.3) is 0 Å². The molecule has 0 saturated carbocycles. The lowest BCUT2D eigenvalue weighted by Gasteiger charge is -2.04. The average molecular weight is 223 g/mol.